The first-order valence-corrected chi connectivity index (χ1v) is 7.75. The van der Waals surface area contributed by atoms with Gasteiger partial charge >= 0.3 is 0 Å². The van der Waals surface area contributed by atoms with Gasteiger partial charge in [0.05, 0.1) is 12.6 Å². The van der Waals surface area contributed by atoms with Gasteiger partial charge in [-0.1, -0.05) is 18.2 Å². The molecule has 4 rings (SSSR count). The molecule has 0 amide bonds. The zero-order chi connectivity index (χ0) is 14.9. The van der Waals surface area contributed by atoms with Gasteiger partial charge in [-0.2, -0.15) is 0 Å². The normalized spacial score (nSPS) is 14.6. The molecule has 1 N–H and O–H groups in total. The van der Waals surface area contributed by atoms with Crippen LogP contribution < -0.4 is 10.1 Å². The van der Waals surface area contributed by atoms with Crippen LogP contribution in [0.15, 0.2) is 42.5 Å². The minimum atomic E-state index is 0.842. The highest BCUT2D eigenvalue weighted by Gasteiger charge is 2.15. The molecule has 0 bridgehead atoms. The van der Waals surface area contributed by atoms with Crippen molar-refractivity contribution >= 4 is 10.9 Å². The molecule has 3 heteroatoms. The molecule has 1 aromatic heterocycles. The Morgan fingerprint density at radius 1 is 1.18 bits per heavy atom. The lowest BCUT2D eigenvalue weighted by Gasteiger charge is -2.11. The molecular formula is C19H19N2O. The summed E-state index contributed by atoms with van der Waals surface area (Å²) in [5.74, 6) is 0.842. The summed E-state index contributed by atoms with van der Waals surface area (Å²) in [5, 5.41) is 4.79. The Labute approximate surface area is 130 Å². The minimum Gasteiger partial charge on any atom is -0.497 e. The van der Waals surface area contributed by atoms with E-state index in [2.05, 4.69) is 46.3 Å². The van der Waals surface area contributed by atoms with Gasteiger partial charge in [0.25, 0.3) is 0 Å². The van der Waals surface area contributed by atoms with E-state index in [9.17, 15) is 0 Å². The SMILES string of the molecule is COc1c[c]c(-c2cccc3cc4n(c23)CCNCC4)cc1. The number of nitrogens with one attached hydrogen (secondary N) is 1. The van der Waals surface area contributed by atoms with Crippen LogP contribution in [0.3, 0.4) is 0 Å². The summed E-state index contributed by atoms with van der Waals surface area (Å²) in [6.07, 6.45) is 1.08. The molecule has 0 saturated carbocycles. The van der Waals surface area contributed by atoms with Crippen LogP contribution in [0.25, 0.3) is 22.0 Å². The second kappa shape index (κ2) is 5.50. The third-order valence-corrected chi connectivity index (χ3v) is 4.39. The van der Waals surface area contributed by atoms with Crippen molar-refractivity contribution in [2.75, 3.05) is 20.2 Å². The first-order valence-electron chi connectivity index (χ1n) is 7.75. The molecule has 1 aliphatic rings. The maximum absolute atomic E-state index is 5.24. The average Bonchev–Trinajstić information content (AvgIpc) is 2.76. The number of fused-ring (bicyclic) bond motifs is 3. The number of ether oxygens (including phenoxy) is 1. The van der Waals surface area contributed by atoms with Gasteiger partial charge in [-0.15, -0.1) is 0 Å². The molecule has 0 fully saturated rings. The standard InChI is InChI=1S/C19H19N2O/c1-22-17-7-5-14(6-8-17)18-4-2-3-15-13-16-9-10-20-11-12-21(16)19(15)18/h2-5,7-8,13,20H,9-12H2,1H3. The molecule has 1 radical (unpaired) electrons. The van der Waals surface area contributed by atoms with Crippen molar-refractivity contribution < 1.29 is 4.74 Å². The largest absolute Gasteiger partial charge is 0.497 e. The van der Waals surface area contributed by atoms with Crippen molar-refractivity contribution in [3.8, 4) is 16.9 Å². The Morgan fingerprint density at radius 2 is 2.14 bits per heavy atom. The van der Waals surface area contributed by atoms with Gasteiger partial charge in [0.2, 0.25) is 0 Å². The molecule has 0 spiro atoms. The number of methoxy groups -OCH3 is 1. The molecule has 3 nitrogen and oxygen atoms in total. The van der Waals surface area contributed by atoms with E-state index in [1.807, 2.05) is 12.1 Å². The van der Waals surface area contributed by atoms with Crippen LogP contribution in [-0.4, -0.2) is 24.8 Å². The maximum Gasteiger partial charge on any atom is 0.119 e. The van der Waals surface area contributed by atoms with Crippen LogP contribution in [0.5, 0.6) is 5.75 Å². The second-order valence-electron chi connectivity index (χ2n) is 5.67. The lowest BCUT2D eigenvalue weighted by atomic mass is 10.0. The van der Waals surface area contributed by atoms with Crippen LogP contribution >= 0.6 is 0 Å². The summed E-state index contributed by atoms with van der Waals surface area (Å²) in [6.45, 7) is 3.10. The second-order valence-corrected chi connectivity index (χ2v) is 5.67. The van der Waals surface area contributed by atoms with E-state index in [4.69, 9.17) is 4.74 Å². The number of rotatable bonds is 2. The summed E-state index contributed by atoms with van der Waals surface area (Å²) < 4.78 is 7.70. The topological polar surface area (TPSA) is 26.2 Å². The predicted octanol–water partition coefficient (Wildman–Crippen LogP) is 3.26. The highest BCUT2D eigenvalue weighted by molar-refractivity contribution is 5.95. The molecule has 0 atom stereocenters. The van der Waals surface area contributed by atoms with Crippen LogP contribution in [-0.2, 0) is 13.0 Å². The molecule has 22 heavy (non-hydrogen) atoms. The first-order chi connectivity index (χ1) is 10.9. The third kappa shape index (κ3) is 2.18. The van der Waals surface area contributed by atoms with Gasteiger partial charge in [0.15, 0.2) is 0 Å². The van der Waals surface area contributed by atoms with Crippen LogP contribution in [0, 0.1) is 6.07 Å². The lowest BCUT2D eigenvalue weighted by molar-refractivity contribution is 0.415. The van der Waals surface area contributed by atoms with Crippen molar-refractivity contribution in [2.24, 2.45) is 0 Å². The molecule has 2 aromatic carbocycles. The van der Waals surface area contributed by atoms with E-state index in [0.717, 1.165) is 37.4 Å². The minimum absolute atomic E-state index is 0.842. The predicted molar refractivity (Wildman–Crippen MR) is 89.3 cm³/mol. The Balaban J connectivity index is 1.91. The maximum atomic E-state index is 5.24. The number of aromatic nitrogens is 1. The molecule has 0 aliphatic carbocycles. The molecular weight excluding hydrogens is 272 g/mol. The summed E-state index contributed by atoms with van der Waals surface area (Å²) >= 11 is 0. The van der Waals surface area contributed by atoms with Crippen molar-refractivity contribution in [1.82, 2.24) is 9.88 Å². The fourth-order valence-electron chi connectivity index (χ4n) is 3.30. The summed E-state index contributed by atoms with van der Waals surface area (Å²) in [7, 11) is 1.68. The quantitative estimate of drug-likeness (QED) is 0.784. The summed E-state index contributed by atoms with van der Waals surface area (Å²) in [4.78, 5) is 0. The Morgan fingerprint density at radius 3 is 2.95 bits per heavy atom. The van der Waals surface area contributed by atoms with Gasteiger partial charge in [0, 0.05) is 42.7 Å². The molecule has 0 saturated heterocycles. The highest BCUT2D eigenvalue weighted by Crippen LogP contribution is 2.32. The fourth-order valence-corrected chi connectivity index (χ4v) is 3.30. The smallest absolute Gasteiger partial charge is 0.119 e. The monoisotopic (exact) mass is 291 g/mol. The molecule has 2 heterocycles. The number of para-hydroxylation sites is 1. The van der Waals surface area contributed by atoms with E-state index in [1.54, 1.807) is 7.11 Å². The van der Waals surface area contributed by atoms with E-state index < -0.39 is 0 Å². The zero-order valence-electron chi connectivity index (χ0n) is 12.7. The highest BCUT2D eigenvalue weighted by atomic mass is 16.5. The number of nitrogens with zero attached hydrogens (tertiary/aromatic N) is 1. The van der Waals surface area contributed by atoms with Crippen molar-refractivity contribution in [3.63, 3.8) is 0 Å². The van der Waals surface area contributed by atoms with Crippen LogP contribution in [0.1, 0.15) is 5.69 Å². The van der Waals surface area contributed by atoms with Crippen LogP contribution in [0.2, 0.25) is 0 Å². The molecule has 0 unspecified atom stereocenters. The van der Waals surface area contributed by atoms with Crippen molar-refractivity contribution in [3.05, 3.63) is 54.2 Å². The fraction of sp³-hybridized carbons (Fsp3) is 0.263. The van der Waals surface area contributed by atoms with E-state index in [0.29, 0.717) is 0 Å². The van der Waals surface area contributed by atoms with E-state index >= 15 is 0 Å². The average molecular weight is 291 g/mol. The number of hydrogen-bond donors (Lipinski definition) is 1. The molecule has 111 valence electrons. The number of hydrogen-bond acceptors (Lipinski definition) is 2. The van der Waals surface area contributed by atoms with Crippen molar-refractivity contribution in [2.45, 2.75) is 13.0 Å². The van der Waals surface area contributed by atoms with Crippen LogP contribution in [0.4, 0.5) is 0 Å². The molecule has 1 aliphatic heterocycles. The van der Waals surface area contributed by atoms with Gasteiger partial charge in [0.1, 0.15) is 5.75 Å². The van der Waals surface area contributed by atoms with Crippen molar-refractivity contribution in [1.29, 1.82) is 0 Å². The Hall–Kier alpha value is -2.26. The van der Waals surface area contributed by atoms with Gasteiger partial charge in [-0.25, -0.2) is 0 Å². The molecule has 3 aromatic rings. The Bertz CT molecular complexity index is 802. The van der Waals surface area contributed by atoms with Gasteiger partial charge in [-0.05, 0) is 35.9 Å². The lowest BCUT2D eigenvalue weighted by Crippen LogP contribution is -2.17. The number of benzene rings is 2. The summed E-state index contributed by atoms with van der Waals surface area (Å²) in [5.41, 5.74) is 5.10. The zero-order valence-corrected chi connectivity index (χ0v) is 12.7. The van der Waals surface area contributed by atoms with E-state index in [-0.39, 0.29) is 0 Å². The van der Waals surface area contributed by atoms with E-state index in [1.165, 1.54) is 22.2 Å². The van der Waals surface area contributed by atoms with Gasteiger partial charge in [-0.3, -0.25) is 0 Å². The first kappa shape index (κ1) is 13.4. The third-order valence-electron chi connectivity index (χ3n) is 4.39. The van der Waals surface area contributed by atoms with Gasteiger partial charge < -0.3 is 14.6 Å². The Kier molecular flexibility index (Phi) is 3.35. The summed E-state index contributed by atoms with van der Waals surface area (Å²) in [6, 6.07) is 18.2.